The van der Waals surface area contributed by atoms with E-state index in [1.807, 2.05) is 0 Å². The van der Waals surface area contributed by atoms with E-state index in [2.05, 4.69) is 0 Å². The zero-order valence-corrected chi connectivity index (χ0v) is 18.3. The molecule has 2 unspecified atom stereocenters. The Balaban J connectivity index is 1.66. The third kappa shape index (κ3) is 3.56. The predicted octanol–water partition coefficient (Wildman–Crippen LogP) is 3.51. The van der Waals surface area contributed by atoms with Gasteiger partial charge in [0.05, 0.1) is 17.3 Å². The minimum Gasteiger partial charge on any atom is -0.495 e. The normalized spacial score (nSPS) is 25.1. The van der Waals surface area contributed by atoms with Gasteiger partial charge in [0.1, 0.15) is 10.6 Å². The fourth-order valence-corrected chi connectivity index (χ4v) is 8.68. The number of piperidine rings is 1. The van der Waals surface area contributed by atoms with Crippen LogP contribution in [0.5, 0.6) is 5.75 Å². The van der Waals surface area contributed by atoms with E-state index in [-0.39, 0.29) is 40.5 Å². The van der Waals surface area contributed by atoms with E-state index in [0.29, 0.717) is 17.9 Å². The summed E-state index contributed by atoms with van der Waals surface area (Å²) in [5, 5.41) is -0.284. The number of halogens is 1. The van der Waals surface area contributed by atoms with Crippen molar-refractivity contribution in [1.82, 2.24) is 4.31 Å². The molecule has 0 aromatic heterocycles. The second-order valence-corrected chi connectivity index (χ2v) is 11.9. The summed E-state index contributed by atoms with van der Waals surface area (Å²) in [7, 11) is -5.96. The van der Waals surface area contributed by atoms with Gasteiger partial charge in [-0.05, 0) is 56.0 Å². The highest BCUT2D eigenvalue weighted by atomic mass is 35.5. The minimum absolute atomic E-state index is 0.0220. The van der Waals surface area contributed by atoms with Gasteiger partial charge in [0.2, 0.25) is 10.0 Å². The molecule has 2 bridgehead atoms. The molecule has 9 heteroatoms. The maximum Gasteiger partial charge on any atom is 0.247 e. The van der Waals surface area contributed by atoms with E-state index in [4.69, 9.17) is 16.3 Å². The highest BCUT2D eigenvalue weighted by Gasteiger charge is 2.50. The van der Waals surface area contributed by atoms with Crippen molar-refractivity contribution in [3.63, 3.8) is 0 Å². The molecule has 2 atom stereocenters. The van der Waals surface area contributed by atoms with Crippen LogP contribution in [0.1, 0.15) is 25.7 Å². The molecular formula is C20H22ClNO5S2. The van der Waals surface area contributed by atoms with Crippen LogP contribution in [0.3, 0.4) is 0 Å². The average molecular weight is 456 g/mol. The van der Waals surface area contributed by atoms with Gasteiger partial charge in [-0.2, -0.15) is 4.31 Å². The molecule has 0 radical (unpaired) electrons. The number of hydrogen-bond acceptors (Lipinski definition) is 5. The Morgan fingerprint density at radius 1 is 0.966 bits per heavy atom. The lowest BCUT2D eigenvalue weighted by molar-refractivity contribution is 0.248. The van der Waals surface area contributed by atoms with E-state index >= 15 is 0 Å². The molecule has 2 aliphatic heterocycles. The summed E-state index contributed by atoms with van der Waals surface area (Å²) >= 11 is 6.04. The van der Waals surface area contributed by atoms with Crippen LogP contribution < -0.4 is 4.74 Å². The fraction of sp³-hybridized carbons (Fsp3) is 0.400. The van der Waals surface area contributed by atoms with E-state index in [1.54, 1.807) is 36.4 Å². The van der Waals surface area contributed by atoms with Gasteiger partial charge in [0.25, 0.3) is 0 Å². The summed E-state index contributed by atoms with van der Waals surface area (Å²) in [5.74, 6) is 0.229. The quantitative estimate of drug-likeness (QED) is 0.689. The molecule has 0 aliphatic carbocycles. The van der Waals surface area contributed by atoms with Gasteiger partial charge in [-0.25, -0.2) is 16.8 Å². The van der Waals surface area contributed by atoms with Crippen molar-refractivity contribution in [2.75, 3.05) is 7.11 Å². The van der Waals surface area contributed by atoms with Crippen LogP contribution >= 0.6 is 11.6 Å². The molecule has 2 saturated heterocycles. The number of ether oxygens (including phenoxy) is 1. The van der Waals surface area contributed by atoms with E-state index < -0.39 is 25.1 Å². The fourth-order valence-electron chi connectivity index (χ4n) is 4.50. The molecule has 0 amide bonds. The number of methoxy groups -OCH3 is 1. The van der Waals surface area contributed by atoms with Crippen LogP contribution in [-0.2, 0) is 19.9 Å². The van der Waals surface area contributed by atoms with Gasteiger partial charge in [-0.1, -0.05) is 29.8 Å². The van der Waals surface area contributed by atoms with Gasteiger partial charge in [0.15, 0.2) is 9.84 Å². The third-order valence-electron chi connectivity index (χ3n) is 5.81. The molecule has 2 aromatic carbocycles. The van der Waals surface area contributed by atoms with Crippen LogP contribution in [0.4, 0.5) is 0 Å². The topological polar surface area (TPSA) is 80.8 Å². The molecule has 2 aromatic rings. The van der Waals surface area contributed by atoms with Crippen LogP contribution in [0, 0.1) is 0 Å². The molecule has 2 heterocycles. The van der Waals surface area contributed by atoms with Crippen LogP contribution in [0.25, 0.3) is 0 Å². The SMILES string of the molecule is COc1ccc(Cl)cc1S(=O)(=O)N1C2CCC1CC(S(=O)(=O)c1ccccc1)C2. The lowest BCUT2D eigenvalue weighted by Crippen LogP contribution is -2.49. The van der Waals surface area contributed by atoms with Crippen molar-refractivity contribution in [2.45, 2.75) is 52.8 Å². The average Bonchev–Trinajstić information content (AvgIpc) is 2.99. The highest BCUT2D eigenvalue weighted by Crippen LogP contribution is 2.44. The molecule has 29 heavy (non-hydrogen) atoms. The van der Waals surface area contributed by atoms with Crippen molar-refractivity contribution in [3.8, 4) is 5.75 Å². The number of hydrogen-bond donors (Lipinski definition) is 0. The molecule has 0 N–H and O–H groups in total. The zero-order chi connectivity index (χ0) is 20.8. The monoisotopic (exact) mass is 455 g/mol. The molecule has 4 rings (SSSR count). The summed E-state index contributed by atoms with van der Waals surface area (Å²) in [6, 6.07) is 12.2. The zero-order valence-electron chi connectivity index (χ0n) is 15.9. The summed E-state index contributed by atoms with van der Waals surface area (Å²) in [6.07, 6.45) is 1.87. The summed E-state index contributed by atoms with van der Waals surface area (Å²) in [5.41, 5.74) is 0. The van der Waals surface area contributed by atoms with Crippen molar-refractivity contribution >= 4 is 31.5 Å². The molecule has 2 fully saturated rings. The number of nitrogens with zero attached hydrogens (tertiary/aromatic N) is 1. The Labute approximate surface area is 176 Å². The smallest absolute Gasteiger partial charge is 0.247 e. The lowest BCUT2D eigenvalue weighted by atomic mass is 10.1. The van der Waals surface area contributed by atoms with E-state index in [0.717, 1.165) is 0 Å². The Hall–Kier alpha value is -1.61. The van der Waals surface area contributed by atoms with E-state index in [9.17, 15) is 16.8 Å². The first-order valence-corrected chi connectivity index (χ1v) is 12.8. The molecule has 2 aliphatic rings. The predicted molar refractivity (Wildman–Crippen MR) is 110 cm³/mol. The number of rotatable bonds is 5. The Bertz CT molecular complexity index is 1100. The third-order valence-corrected chi connectivity index (χ3v) is 10.3. The second-order valence-electron chi connectivity index (χ2n) is 7.47. The summed E-state index contributed by atoms with van der Waals surface area (Å²) < 4.78 is 59.8. The van der Waals surface area contributed by atoms with Crippen molar-refractivity contribution < 1.29 is 21.6 Å². The van der Waals surface area contributed by atoms with Crippen LogP contribution in [0.2, 0.25) is 5.02 Å². The number of sulfonamides is 1. The number of fused-ring (bicyclic) bond motifs is 2. The first kappa shape index (κ1) is 20.7. The van der Waals surface area contributed by atoms with Crippen molar-refractivity contribution in [1.29, 1.82) is 0 Å². The van der Waals surface area contributed by atoms with Crippen LogP contribution in [0.15, 0.2) is 58.3 Å². The van der Waals surface area contributed by atoms with E-state index in [1.165, 1.54) is 23.5 Å². The van der Waals surface area contributed by atoms with Gasteiger partial charge in [-0.15, -0.1) is 0 Å². The summed E-state index contributed by atoms with van der Waals surface area (Å²) in [4.78, 5) is 0.311. The lowest BCUT2D eigenvalue weighted by Gasteiger charge is -2.37. The maximum atomic E-state index is 13.4. The molecule has 6 nitrogen and oxygen atoms in total. The van der Waals surface area contributed by atoms with Gasteiger partial charge >= 0.3 is 0 Å². The molecular weight excluding hydrogens is 434 g/mol. The van der Waals surface area contributed by atoms with Crippen molar-refractivity contribution in [3.05, 3.63) is 53.6 Å². The standard InChI is InChI=1S/C20H22ClNO5S2/c1-27-19-10-7-14(21)11-20(19)29(25,26)22-15-8-9-16(22)13-18(12-15)28(23,24)17-5-3-2-4-6-17/h2-7,10-11,15-16,18H,8-9,12-13H2,1H3. The molecule has 156 valence electrons. The Kier molecular flexibility index (Phi) is 5.40. The number of benzene rings is 2. The Morgan fingerprint density at radius 3 is 2.17 bits per heavy atom. The first-order valence-electron chi connectivity index (χ1n) is 9.41. The number of sulfone groups is 1. The van der Waals surface area contributed by atoms with Crippen LogP contribution in [-0.4, -0.2) is 45.6 Å². The van der Waals surface area contributed by atoms with Gasteiger partial charge < -0.3 is 4.74 Å². The second kappa shape index (κ2) is 7.58. The van der Waals surface area contributed by atoms with Gasteiger partial charge in [0, 0.05) is 17.1 Å². The molecule has 0 saturated carbocycles. The summed E-state index contributed by atoms with van der Waals surface area (Å²) in [6.45, 7) is 0. The minimum atomic E-state index is -3.87. The highest BCUT2D eigenvalue weighted by molar-refractivity contribution is 7.92. The Morgan fingerprint density at radius 2 is 1.59 bits per heavy atom. The van der Waals surface area contributed by atoms with Gasteiger partial charge in [-0.3, -0.25) is 0 Å². The molecule has 0 spiro atoms. The maximum absolute atomic E-state index is 13.4. The largest absolute Gasteiger partial charge is 0.495 e. The van der Waals surface area contributed by atoms with Crippen molar-refractivity contribution in [2.24, 2.45) is 0 Å². The first-order chi connectivity index (χ1) is 13.7.